The summed E-state index contributed by atoms with van der Waals surface area (Å²) in [5.74, 6) is 0.187. The quantitative estimate of drug-likeness (QED) is 0.664. The lowest BCUT2D eigenvalue weighted by Gasteiger charge is -2.09. The number of halogens is 1. The SMILES string of the molecule is COC(=O)c1cc(Br)c(N)cc1C1CC1. The predicted octanol–water partition coefficient (Wildman–Crippen LogP) is 2.70. The minimum atomic E-state index is -0.294. The molecule has 1 aliphatic carbocycles. The van der Waals surface area contributed by atoms with E-state index in [1.807, 2.05) is 6.07 Å². The molecule has 80 valence electrons. The maximum absolute atomic E-state index is 11.5. The number of benzene rings is 1. The number of carbonyl (C=O) groups excluding carboxylic acids is 1. The van der Waals surface area contributed by atoms with E-state index in [0.29, 0.717) is 17.2 Å². The summed E-state index contributed by atoms with van der Waals surface area (Å²) in [5, 5.41) is 0. The molecule has 0 heterocycles. The van der Waals surface area contributed by atoms with Crippen LogP contribution in [0.3, 0.4) is 0 Å². The number of esters is 1. The van der Waals surface area contributed by atoms with Crippen molar-refractivity contribution < 1.29 is 9.53 Å². The van der Waals surface area contributed by atoms with Crippen LogP contribution in [0.5, 0.6) is 0 Å². The van der Waals surface area contributed by atoms with E-state index in [2.05, 4.69) is 15.9 Å². The Hall–Kier alpha value is -1.03. The number of methoxy groups -OCH3 is 1. The maximum atomic E-state index is 11.5. The Bertz CT molecular complexity index is 413. The van der Waals surface area contributed by atoms with E-state index in [1.54, 1.807) is 6.07 Å². The third-order valence-electron chi connectivity index (χ3n) is 2.59. The molecule has 0 saturated heterocycles. The molecule has 1 saturated carbocycles. The van der Waals surface area contributed by atoms with Crippen LogP contribution in [0, 0.1) is 0 Å². The smallest absolute Gasteiger partial charge is 0.338 e. The molecule has 0 bridgehead atoms. The van der Waals surface area contributed by atoms with Crippen molar-refractivity contribution in [3.8, 4) is 0 Å². The molecule has 0 radical (unpaired) electrons. The molecule has 1 fully saturated rings. The van der Waals surface area contributed by atoms with Crippen LogP contribution in [0.2, 0.25) is 0 Å². The van der Waals surface area contributed by atoms with Gasteiger partial charge in [0, 0.05) is 10.2 Å². The van der Waals surface area contributed by atoms with Crippen molar-refractivity contribution in [3.05, 3.63) is 27.7 Å². The van der Waals surface area contributed by atoms with Gasteiger partial charge < -0.3 is 10.5 Å². The largest absolute Gasteiger partial charge is 0.465 e. The molecule has 1 aromatic carbocycles. The Morgan fingerprint density at radius 1 is 1.53 bits per heavy atom. The molecule has 0 spiro atoms. The summed E-state index contributed by atoms with van der Waals surface area (Å²) in [6.07, 6.45) is 2.26. The first-order valence-corrected chi connectivity index (χ1v) is 5.60. The zero-order chi connectivity index (χ0) is 11.0. The number of hydrogen-bond donors (Lipinski definition) is 1. The van der Waals surface area contributed by atoms with E-state index >= 15 is 0 Å². The highest BCUT2D eigenvalue weighted by Crippen LogP contribution is 2.43. The second-order valence-electron chi connectivity index (χ2n) is 3.73. The second kappa shape index (κ2) is 3.85. The monoisotopic (exact) mass is 269 g/mol. The fourth-order valence-electron chi connectivity index (χ4n) is 1.63. The summed E-state index contributed by atoms with van der Waals surface area (Å²) in [6, 6.07) is 3.61. The van der Waals surface area contributed by atoms with Gasteiger partial charge in [0.2, 0.25) is 0 Å². The van der Waals surface area contributed by atoms with Gasteiger partial charge in [-0.1, -0.05) is 0 Å². The van der Waals surface area contributed by atoms with Gasteiger partial charge in [0.15, 0.2) is 0 Å². The zero-order valence-electron chi connectivity index (χ0n) is 8.42. The van der Waals surface area contributed by atoms with E-state index in [1.165, 1.54) is 7.11 Å². The lowest BCUT2D eigenvalue weighted by atomic mass is 10.0. The van der Waals surface area contributed by atoms with Gasteiger partial charge in [0.25, 0.3) is 0 Å². The van der Waals surface area contributed by atoms with E-state index in [-0.39, 0.29) is 5.97 Å². The molecule has 0 amide bonds. The first-order chi connectivity index (χ1) is 7.13. The molecule has 15 heavy (non-hydrogen) atoms. The summed E-state index contributed by atoms with van der Waals surface area (Å²) in [7, 11) is 1.39. The number of nitrogens with two attached hydrogens (primary N) is 1. The minimum absolute atomic E-state index is 0.294. The summed E-state index contributed by atoms with van der Waals surface area (Å²) >= 11 is 3.31. The summed E-state index contributed by atoms with van der Waals surface area (Å²) in [4.78, 5) is 11.5. The average Bonchev–Trinajstić information content (AvgIpc) is 3.04. The summed E-state index contributed by atoms with van der Waals surface area (Å²) < 4.78 is 5.49. The lowest BCUT2D eigenvalue weighted by molar-refractivity contribution is 0.0599. The van der Waals surface area contributed by atoms with E-state index in [0.717, 1.165) is 22.9 Å². The fourth-order valence-corrected chi connectivity index (χ4v) is 1.97. The predicted molar refractivity (Wildman–Crippen MR) is 61.9 cm³/mol. The van der Waals surface area contributed by atoms with Crippen molar-refractivity contribution >= 4 is 27.6 Å². The third kappa shape index (κ3) is 2.00. The van der Waals surface area contributed by atoms with Gasteiger partial charge in [-0.15, -0.1) is 0 Å². The molecular weight excluding hydrogens is 258 g/mol. The van der Waals surface area contributed by atoms with Crippen molar-refractivity contribution in [2.75, 3.05) is 12.8 Å². The van der Waals surface area contributed by atoms with Crippen LogP contribution in [0.4, 0.5) is 5.69 Å². The lowest BCUT2D eigenvalue weighted by Crippen LogP contribution is -2.06. The zero-order valence-corrected chi connectivity index (χ0v) is 10.0. The molecule has 0 aliphatic heterocycles. The van der Waals surface area contributed by atoms with E-state index < -0.39 is 0 Å². The highest BCUT2D eigenvalue weighted by Gasteiger charge is 2.29. The average molecular weight is 270 g/mol. The Morgan fingerprint density at radius 3 is 2.73 bits per heavy atom. The van der Waals surface area contributed by atoms with Gasteiger partial charge in [0.1, 0.15) is 0 Å². The molecule has 1 aromatic rings. The number of nitrogen functional groups attached to an aromatic ring is 1. The minimum Gasteiger partial charge on any atom is -0.465 e. The topological polar surface area (TPSA) is 52.3 Å². The summed E-state index contributed by atoms with van der Waals surface area (Å²) in [5.41, 5.74) is 8.11. The van der Waals surface area contributed by atoms with Gasteiger partial charge in [-0.3, -0.25) is 0 Å². The summed E-state index contributed by atoms with van der Waals surface area (Å²) in [6.45, 7) is 0. The van der Waals surface area contributed by atoms with Crippen LogP contribution >= 0.6 is 15.9 Å². The fraction of sp³-hybridized carbons (Fsp3) is 0.364. The number of hydrogen-bond acceptors (Lipinski definition) is 3. The van der Waals surface area contributed by atoms with Crippen molar-refractivity contribution in [1.29, 1.82) is 0 Å². The van der Waals surface area contributed by atoms with Gasteiger partial charge in [-0.2, -0.15) is 0 Å². The molecule has 0 atom stereocenters. The number of rotatable bonds is 2. The van der Waals surface area contributed by atoms with Crippen LogP contribution < -0.4 is 5.73 Å². The molecule has 1 aliphatic rings. The second-order valence-corrected chi connectivity index (χ2v) is 4.58. The van der Waals surface area contributed by atoms with Gasteiger partial charge in [-0.25, -0.2) is 4.79 Å². The van der Waals surface area contributed by atoms with E-state index in [4.69, 9.17) is 10.5 Å². The van der Waals surface area contributed by atoms with Crippen LogP contribution in [0.15, 0.2) is 16.6 Å². The van der Waals surface area contributed by atoms with Crippen molar-refractivity contribution in [1.82, 2.24) is 0 Å². The molecule has 2 rings (SSSR count). The molecule has 4 heteroatoms. The van der Waals surface area contributed by atoms with Crippen LogP contribution in [0.25, 0.3) is 0 Å². The van der Waals surface area contributed by atoms with Crippen molar-refractivity contribution in [2.24, 2.45) is 0 Å². The molecular formula is C11H12BrNO2. The third-order valence-corrected chi connectivity index (χ3v) is 3.28. The molecule has 0 unspecified atom stereocenters. The number of anilines is 1. The highest BCUT2D eigenvalue weighted by molar-refractivity contribution is 9.10. The molecule has 2 N–H and O–H groups in total. The molecule has 3 nitrogen and oxygen atoms in total. The standard InChI is InChI=1S/C11H12BrNO2/c1-15-11(14)8-4-9(12)10(13)5-7(8)6-2-3-6/h4-6H,2-3,13H2,1H3. The van der Waals surface area contributed by atoms with E-state index in [9.17, 15) is 4.79 Å². The van der Waals surface area contributed by atoms with Gasteiger partial charge >= 0.3 is 5.97 Å². The van der Waals surface area contributed by atoms with Crippen LogP contribution in [-0.4, -0.2) is 13.1 Å². The normalized spacial score (nSPS) is 15.1. The Balaban J connectivity index is 2.49. The Labute approximate surface area is 96.7 Å². The molecule has 0 aromatic heterocycles. The highest BCUT2D eigenvalue weighted by atomic mass is 79.9. The van der Waals surface area contributed by atoms with Crippen molar-refractivity contribution in [3.63, 3.8) is 0 Å². The maximum Gasteiger partial charge on any atom is 0.338 e. The van der Waals surface area contributed by atoms with Gasteiger partial charge in [0.05, 0.1) is 12.7 Å². The number of ether oxygens (including phenoxy) is 1. The Kier molecular flexibility index (Phi) is 2.69. The van der Waals surface area contributed by atoms with Crippen LogP contribution in [0.1, 0.15) is 34.7 Å². The number of carbonyl (C=O) groups is 1. The van der Waals surface area contributed by atoms with Crippen LogP contribution in [-0.2, 0) is 4.74 Å². The first kappa shape index (κ1) is 10.5. The first-order valence-electron chi connectivity index (χ1n) is 4.80. The Morgan fingerprint density at radius 2 is 2.20 bits per heavy atom. The van der Waals surface area contributed by atoms with Crippen molar-refractivity contribution in [2.45, 2.75) is 18.8 Å². The van der Waals surface area contributed by atoms with Gasteiger partial charge in [-0.05, 0) is 52.4 Å².